The van der Waals surface area contributed by atoms with Gasteiger partial charge in [-0.05, 0) is 61.5 Å². The Morgan fingerprint density at radius 3 is 2.59 bits per heavy atom. The zero-order chi connectivity index (χ0) is 28.4. The number of carbonyl (C=O) groups is 2. The zero-order valence-corrected chi connectivity index (χ0v) is 22.5. The minimum Gasteiger partial charge on any atom is -0.507 e. The molecule has 0 radical (unpaired) electrons. The van der Waals surface area contributed by atoms with Crippen molar-refractivity contribution in [2.75, 3.05) is 24.2 Å². The molecule has 1 unspecified atom stereocenters. The van der Waals surface area contributed by atoms with Gasteiger partial charge in [0.25, 0.3) is 5.91 Å². The zero-order valence-electron chi connectivity index (χ0n) is 21.7. The molecule has 2 aromatic heterocycles. The molecule has 210 valence electrons. The molecule has 1 aliphatic rings. The first kappa shape index (κ1) is 29.2. The van der Waals surface area contributed by atoms with E-state index in [0.29, 0.717) is 29.8 Å². The molecular formula is C29H25ClFN5O5. The number of furan rings is 1. The predicted octanol–water partition coefficient (Wildman–Crippen LogP) is 4.40. The molecule has 5 rings (SSSR count). The Labute approximate surface area is 240 Å². The van der Waals surface area contributed by atoms with E-state index in [1.54, 1.807) is 36.2 Å². The number of pyridine rings is 1. The maximum absolute atomic E-state index is 13.7. The van der Waals surface area contributed by atoms with E-state index in [4.69, 9.17) is 4.42 Å². The van der Waals surface area contributed by atoms with E-state index >= 15 is 0 Å². The van der Waals surface area contributed by atoms with Gasteiger partial charge in [0.15, 0.2) is 11.6 Å². The van der Waals surface area contributed by atoms with Crippen LogP contribution in [0.3, 0.4) is 0 Å². The third-order valence-electron chi connectivity index (χ3n) is 6.61. The first-order valence-corrected chi connectivity index (χ1v) is 12.3. The number of β-amino-alcohol motifs (C(OH)–C–C–N with tert-alkyl or cyclic N) is 1. The lowest BCUT2D eigenvalue weighted by molar-refractivity contribution is -0.120. The van der Waals surface area contributed by atoms with Gasteiger partial charge in [0, 0.05) is 29.4 Å². The van der Waals surface area contributed by atoms with E-state index < -0.39 is 23.9 Å². The minimum absolute atomic E-state index is 0. The lowest BCUT2D eigenvalue weighted by atomic mass is 9.97. The van der Waals surface area contributed by atoms with Crippen LogP contribution in [0.25, 0.3) is 22.4 Å². The Morgan fingerprint density at radius 2 is 1.93 bits per heavy atom. The summed E-state index contributed by atoms with van der Waals surface area (Å²) in [5, 5.41) is 35.9. The van der Waals surface area contributed by atoms with Gasteiger partial charge in [-0.15, -0.1) is 12.4 Å². The van der Waals surface area contributed by atoms with Crippen molar-refractivity contribution >= 4 is 35.7 Å². The molecule has 0 aliphatic carbocycles. The molecule has 1 aliphatic heterocycles. The summed E-state index contributed by atoms with van der Waals surface area (Å²) in [6.45, 7) is 0.395. The lowest BCUT2D eigenvalue weighted by Gasteiger charge is -2.19. The number of hydrogen-bond donors (Lipinski definition) is 4. The fourth-order valence-electron chi connectivity index (χ4n) is 4.68. The highest BCUT2D eigenvalue weighted by molar-refractivity contribution is 6.03. The van der Waals surface area contributed by atoms with Crippen molar-refractivity contribution in [1.29, 1.82) is 5.26 Å². The van der Waals surface area contributed by atoms with Crippen LogP contribution in [0.15, 0.2) is 71.3 Å². The first-order chi connectivity index (χ1) is 19.2. The van der Waals surface area contributed by atoms with Gasteiger partial charge in [-0.3, -0.25) is 14.5 Å². The smallest absolute Gasteiger partial charge is 0.292 e. The number of nitriles is 1. The standard InChI is InChI=1S/C29H24FN5O5.ClH/c1-35-15-19(36)12-24(35)28(38)32-18-5-2-4-16(10-18)21-13-23(20-8-7-17(30)11-25(20)37)33-27(22(21)14-31)34-29(39)26-6-3-9-40-26;/h2-11,13,19,24,36-37H,12,15H2,1H3,(H,32,38)(H,33,34,39);1H/t19-,24?;/m1./s1. The summed E-state index contributed by atoms with van der Waals surface area (Å²) in [4.78, 5) is 31.8. The van der Waals surface area contributed by atoms with Crippen LogP contribution in [-0.4, -0.2) is 57.6 Å². The van der Waals surface area contributed by atoms with Crippen LogP contribution < -0.4 is 10.6 Å². The number of phenols is 1. The third-order valence-corrected chi connectivity index (χ3v) is 6.61. The third kappa shape index (κ3) is 6.20. The van der Waals surface area contributed by atoms with Crippen LogP contribution >= 0.6 is 12.4 Å². The quantitative estimate of drug-likeness (QED) is 0.263. The van der Waals surface area contributed by atoms with Crippen LogP contribution in [0.5, 0.6) is 5.75 Å². The van der Waals surface area contributed by atoms with Crippen molar-refractivity contribution in [3.05, 3.63) is 84.1 Å². The number of nitrogens with zero attached hydrogens (tertiary/aromatic N) is 3. The largest absolute Gasteiger partial charge is 0.507 e. The molecule has 2 aromatic carbocycles. The second-order valence-corrected chi connectivity index (χ2v) is 9.40. The van der Waals surface area contributed by atoms with Gasteiger partial charge in [0.1, 0.15) is 23.2 Å². The SMILES string of the molecule is CN1C[C@H](O)CC1C(=O)Nc1cccc(-c2cc(-c3ccc(F)cc3O)nc(NC(=O)c3ccco3)c2C#N)c1.Cl. The maximum Gasteiger partial charge on any atom is 0.292 e. The summed E-state index contributed by atoms with van der Waals surface area (Å²) < 4.78 is 18.8. The van der Waals surface area contributed by atoms with Crippen molar-refractivity contribution in [3.63, 3.8) is 0 Å². The summed E-state index contributed by atoms with van der Waals surface area (Å²) in [6.07, 6.45) is 1.06. The molecule has 0 saturated carbocycles. The normalized spacial score (nSPS) is 16.4. The number of anilines is 2. The monoisotopic (exact) mass is 577 g/mol. The summed E-state index contributed by atoms with van der Waals surface area (Å²) in [5.74, 6) is -2.06. The fourth-order valence-corrected chi connectivity index (χ4v) is 4.68. The maximum atomic E-state index is 13.7. The number of aromatic hydroxyl groups is 1. The number of likely N-dealkylation sites (tertiary alicyclic amines) is 1. The van der Waals surface area contributed by atoms with Crippen molar-refractivity contribution in [2.45, 2.75) is 18.6 Å². The molecule has 4 aromatic rings. The summed E-state index contributed by atoms with van der Waals surface area (Å²) >= 11 is 0. The highest BCUT2D eigenvalue weighted by Gasteiger charge is 2.33. The van der Waals surface area contributed by atoms with E-state index in [9.17, 15) is 29.5 Å². The molecule has 41 heavy (non-hydrogen) atoms. The Hall–Kier alpha value is -4.76. The van der Waals surface area contributed by atoms with Crippen LogP contribution in [0.4, 0.5) is 15.9 Å². The lowest BCUT2D eigenvalue weighted by Crippen LogP contribution is -2.37. The van der Waals surface area contributed by atoms with E-state index in [1.807, 2.05) is 0 Å². The molecule has 3 heterocycles. The number of aliphatic hydroxyl groups excluding tert-OH is 1. The number of carbonyl (C=O) groups excluding carboxylic acids is 2. The van der Waals surface area contributed by atoms with Gasteiger partial charge >= 0.3 is 0 Å². The van der Waals surface area contributed by atoms with Gasteiger partial charge in [-0.1, -0.05) is 12.1 Å². The number of rotatable bonds is 6. The Morgan fingerprint density at radius 1 is 1.12 bits per heavy atom. The van der Waals surface area contributed by atoms with E-state index in [2.05, 4.69) is 21.7 Å². The Kier molecular flexibility index (Phi) is 8.68. The molecule has 1 fully saturated rings. The van der Waals surface area contributed by atoms with E-state index in [0.717, 1.165) is 12.1 Å². The number of likely N-dealkylation sites (N-methyl/N-ethyl adjacent to an activating group) is 1. The number of phenolic OH excluding ortho intramolecular Hbond substituents is 1. The average molecular weight is 578 g/mol. The van der Waals surface area contributed by atoms with E-state index in [1.165, 1.54) is 30.5 Å². The van der Waals surface area contributed by atoms with Gasteiger partial charge in [-0.2, -0.15) is 5.26 Å². The first-order valence-electron chi connectivity index (χ1n) is 12.3. The topological polar surface area (TPSA) is 152 Å². The second kappa shape index (κ2) is 12.2. The molecular weight excluding hydrogens is 553 g/mol. The highest BCUT2D eigenvalue weighted by atomic mass is 35.5. The minimum atomic E-state index is -0.649. The highest BCUT2D eigenvalue weighted by Crippen LogP contribution is 2.36. The number of halogens is 2. The van der Waals surface area contributed by atoms with Gasteiger partial charge in [-0.25, -0.2) is 9.37 Å². The van der Waals surface area contributed by atoms with Crippen molar-refractivity contribution < 1.29 is 28.6 Å². The number of aromatic nitrogens is 1. The predicted molar refractivity (Wildman–Crippen MR) is 151 cm³/mol. The molecule has 1 saturated heterocycles. The Balaban J connectivity index is 0.00000387. The van der Waals surface area contributed by atoms with Crippen molar-refractivity contribution in [2.24, 2.45) is 0 Å². The van der Waals surface area contributed by atoms with Crippen LogP contribution in [0, 0.1) is 17.1 Å². The van der Waals surface area contributed by atoms with E-state index in [-0.39, 0.29) is 52.5 Å². The number of hydrogen-bond acceptors (Lipinski definition) is 8. The van der Waals surface area contributed by atoms with Gasteiger partial charge in [0.2, 0.25) is 5.91 Å². The van der Waals surface area contributed by atoms with Crippen LogP contribution in [0.2, 0.25) is 0 Å². The van der Waals surface area contributed by atoms with Gasteiger partial charge in [0.05, 0.1) is 24.1 Å². The number of amides is 2. The van der Waals surface area contributed by atoms with Gasteiger partial charge < -0.3 is 25.3 Å². The number of benzene rings is 2. The fraction of sp³-hybridized carbons (Fsp3) is 0.172. The average Bonchev–Trinajstić information content (AvgIpc) is 3.58. The van der Waals surface area contributed by atoms with Crippen molar-refractivity contribution in [3.8, 4) is 34.2 Å². The molecule has 0 bridgehead atoms. The summed E-state index contributed by atoms with van der Waals surface area (Å²) in [5.41, 5.74) is 1.66. The molecule has 12 heteroatoms. The summed E-state index contributed by atoms with van der Waals surface area (Å²) in [6, 6.07) is 16.3. The van der Waals surface area contributed by atoms with Crippen LogP contribution in [-0.2, 0) is 4.79 Å². The van der Waals surface area contributed by atoms with Crippen LogP contribution in [0.1, 0.15) is 22.5 Å². The molecule has 0 spiro atoms. The van der Waals surface area contributed by atoms with Crippen molar-refractivity contribution in [1.82, 2.24) is 9.88 Å². The molecule has 4 N–H and O–H groups in total. The molecule has 2 atom stereocenters. The second-order valence-electron chi connectivity index (χ2n) is 9.40. The Bertz CT molecular complexity index is 1640. The number of aliphatic hydroxyl groups is 1. The molecule has 10 nitrogen and oxygen atoms in total. The number of nitrogens with one attached hydrogen (secondary N) is 2. The molecule has 2 amide bonds. The summed E-state index contributed by atoms with van der Waals surface area (Å²) in [7, 11) is 1.76.